The largest absolute Gasteiger partial charge is 0.361 e. The molecule has 0 amide bonds. The summed E-state index contributed by atoms with van der Waals surface area (Å²) in [6.45, 7) is 11.5. The number of likely N-dealkylation sites (tertiary alicyclic amines) is 1. The summed E-state index contributed by atoms with van der Waals surface area (Å²) in [6, 6.07) is 2.97. The third kappa shape index (κ3) is 2.16. The fourth-order valence-corrected chi connectivity index (χ4v) is 3.63. The lowest BCUT2D eigenvalue weighted by molar-refractivity contribution is 0.153. The van der Waals surface area contributed by atoms with Crippen LogP contribution >= 0.6 is 0 Å². The van der Waals surface area contributed by atoms with Crippen molar-refractivity contribution in [1.82, 2.24) is 9.88 Å². The van der Waals surface area contributed by atoms with E-state index in [1.165, 1.54) is 59.0 Å². The highest BCUT2D eigenvalue weighted by atomic mass is 15.2. The van der Waals surface area contributed by atoms with Crippen molar-refractivity contribution in [3.63, 3.8) is 0 Å². The number of rotatable bonds is 2. The van der Waals surface area contributed by atoms with Crippen molar-refractivity contribution < 1.29 is 0 Å². The predicted molar refractivity (Wildman–Crippen MR) is 86.2 cm³/mol. The van der Waals surface area contributed by atoms with E-state index in [1.807, 2.05) is 0 Å². The van der Waals surface area contributed by atoms with Gasteiger partial charge in [0.05, 0.1) is 0 Å². The molecule has 0 aliphatic carbocycles. The third-order valence-corrected chi connectivity index (χ3v) is 5.33. The topological polar surface area (TPSA) is 19.0 Å². The molecule has 1 aromatic heterocycles. The Balaban J connectivity index is 2.04. The molecule has 2 heteroatoms. The van der Waals surface area contributed by atoms with Crippen molar-refractivity contribution in [2.24, 2.45) is 0 Å². The van der Waals surface area contributed by atoms with E-state index in [0.717, 1.165) is 12.6 Å². The molecule has 108 valence electrons. The van der Waals surface area contributed by atoms with Crippen LogP contribution in [0.3, 0.4) is 0 Å². The molecule has 1 aliphatic rings. The van der Waals surface area contributed by atoms with Crippen molar-refractivity contribution in [3.8, 4) is 0 Å². The molecule has 1 N–H and O–H groups in total. The van der Waals surface area contributed by atoms with Crippen LogP contribution in [0.25, 0.3) is 10.9 Å². The van der Waals surface area contributed by atoms with Crippen molar-refractivity contribution in [2.75, 3.05) is 6.54 Å². The molecule has 20 heavy (non-hydrogen) atoms. The number of hydrogen-bond donors (Lipinski definition) is 1. The van der Waals surface area contributed by atoms with Gasteiger partial charge in [-0.05, 0) is 75.4 Å². The molecule has 1 atom stereocenters. The summed E-state index contributed by atoms with van der Waals surface area (Å²) >= 11 is 0. The first-order valence-corrected chi connectivity index (χ1v) is 7.89. The van der Waals surface area contributed by atoms with E-state index < -0.39 is 0 Å². The number of nitrogens with one attached hydrogen (secondary N) is 1. The Labute approximate surface area is 122 Å². The number of aryl methyl sites for hydroxylation is 1. The SMILES string of the molecule is Cc1c(C)c(C)c2[nH]ccc2c1CN1CCCCC1C. The highest BCUT2D eigenvalue weighted by molar-refractivity contribution is 5.88. The van der Waals surface area contributed by atoms with Gasteiger partial charge in [0.25, 0.3) is 0 Å². The first-order chi connectivity index (χ1) is 9.59. The lowest BCUT2D eigenvalue weighted by atomic mass is 9.93. The zero-order chi connectivity index (χ0) is 14.3. The van der Waals surface area contributed by atoms with Crippen molar-refractivity contribution in [2.45, 2.75) is 59.5 Å². The molecule has 0 bridgehead atoms. The number of piperidine rings is 1. The first-order valence-electron chi connectivity index (χ1n) is 7.89. The molecule has 1 aliphatic heterocycles. The maximum absolute atomic E-state index is 3.43. The second-order valence-corrected chi connectivity index (χ2v) is 6.44. The van der Waals surface area contributed by atoms with Crippen LogP contribution in [-0.2, 0) is 6.54 Å². The molecule has 1 fully saturated rings. The average molecular weight is 270 g/mol. The summed E-state index contributed by atoms with van der Waals surface area (Å²) in [7, 11) is 0. The molecule has 1 aromatic carbocycles. The molecular formula is C18H26N2. The zero-order valence-corrected chi connectivity index (χ0v) is 13.2. The van der Waals surface area contributed by atoms with Gasteiger partial charge in [0.2, 0.25) is 0 Å². The van der Waals surface area contributed by atoms with Gasteiger partial charge < -0.3 is 4.98 Å². The van der Waals surface area contributed by atoms with Gasteiger partial charge in [-0.2, -0.15) is 0 Å². The fraction of sp³-hybridized carbons (Fsp3) is 0.556. The van der Waals surface area contributed by atoms with Crippen molar-refractivity contribution in [3.05, 3.63) is 34.5 Å². The van der Waals surface area contributed by atoms with Gasteiger partial charge in [0, 0.05) is 29.7 Å². The number of aromatic nitrogens is 1. The minimum absolute atomic E-state index is 0.721. The normalized spacial score (nSPS) is 20.7. The van der Waals surface area contributed by atoms with Crippen LogP contribution in [0.15, 0.2) is 12.3 Å². The van der Waals surface area contributed by atoms with Gasteiger partial charge in [0.1, 0.15) is 0 Å². The molecule has 0 saturated carbocycles. The van der Waals surface area contributed by atoms with Crippen LogP contribution in [0.4, 0.5) is 0 Å². The summed E-state index contributed by atoms with van der Waals surface area (Å²) in [4.78, 5) is 6.09. The molecule has 0 radical (unpaired) electrons. The molecular weight excluding hydrogens is 244 g/mol. The number of hydrogen-bond acceptors (Lipinski definition) is 1. The van der Waals surface area contributed by atoms with E-state index >= 15 is 0 Å². The monoisotopic (exact) mass is 270 g/mol. The summed E-state index contributed by atoms with van der Waals surface area (Å²) in [6.07, 6.45) is 6.17. The van der Waals surface area contributed by atoms with Gasteiger partial charge in [-0.25, -0.2) is 0 Å². The van der Waals surface area contributed by atoms with Crippen molar-refractivity contribution >= 4 is 10.9 Å². The standard InChI is InChI=1S/C18H26N2/c1-12-7-5-6-10-20(12)11-17-14(3)13(2)15(4)18-16(17)8-9-19-18/h8-9,12,19H,5-7,10-11H2,1-4H3. The smallest absolute Gasteiger partial charge is 0.0489 e. The van der Waals surface area contributed by atoms with E-state index in [9.17, 15) is 0 Å². The van der Waals surface area contributed by atoms with Gasteiger partial charge in [-0.1, -0.05) is 6.42 Å². The molecule has 2 nitrogen and oxygen atoms in total. The van der Waals surface area contributed by atoms with E-state index in [0.29, 0.717) is 0 Å². The Hall–Kier alpha value is -1.28. The summed E-state index contributed by atoms with van der Waals surface area (Å²) < 4.78 is 0. The van der Waals surface area contributed by atoms with Crippen LogP contribution in [0, 0.1) is 20.8 Å². The van der Waals surface area contributed by atoms with Gasteiger partial charge >= 0.3 is 0 Å². The zero-order valence-electron chi connectivity index (χ0n) is 13.2. The summed E-state index contributed by atoms with van der Waals surface area (Å²) in [5, 5.41) is 1.42. The van der Waals surface area contributed by atoms with Crippen LogP contribution < -0.4 is 0 Å². The third-order valence-electron chi connectivity index (χ3n) is 5.33. The first kappa shape index (κ1) is 13.7. The predicted octanol–water partition coefficient (Wildman–Crippen LogP) is 4.47. The van der Waals surface area contributed by atoms with Gasteiger partial charge in [-0.15, -0.1) is 0 Å². The van der Waals surface area contributed by atoms with Gasteiger partial charge in [0.15, 0.2) is 0 Å². The second-order valence-electron chi connectivity index (χ2n) is 6.44. The molecule has 2 heterocycles. The Kier molecular flexibility index (Phi) is 3.59. The van der Waals surface area contributed by atoms with Crippen LogP contribution in [0.2, 0.25) is 0 Å². The van der Waals surface area contributed by atoms with Crippen LogP contribution in [-0.4, -0.2) is 22.5 Å². The quantitative estimate of drug-likeness (QED) is 0.853. The maximum Gasteiger partial charge on any atom is 0.0489 e. The number of H-pyrrole nitrogens is 1. The van der Waals surface area contributed by atoms with E-state index in [4.69, 9.17) is 0 Å². The molecule has 1 unspecified atom stereocenters. The minimum Gasteiger partial charge on any atom is -0.361 e. The number of nitrogens with zero attached hydrogens (tertiary/aromatic N) is 1. The Morgan fingerprint density at radius 2 is 1.95 bits per heavy atom. The summed E-state index contributed by atoms with van der Waals surface area (Å²) in [5.41, 5.74) is 7.18. The van der Waals surface area contributed by atoms with E-state index in [1.54, 1.807) is 0 Å². The molecule has 1 saturated heterocycles. The molecule has 0 spiro atoms. The minimum atomic E-state index is 0.721. The van der Waals surface area contributed by atoms with Gasteiger partial charge in [-0.3, -0.25) is 4.90 Å². The lowest BCUT2D eigenvalue weighted by Gasteiger charge is -2.34. The fourth-order valence-electron chi connectivity index (χ4n) is 3.63. The Morgan fingerprint density at radius 3 is 2.70 bits per heavy atom. The number of fused-ring (bicyclic) bond motifs is 1. The maximum atomic E-state index is 3.43. The van der Waals surface area contributed by atoms with Crippen LogP contribution in [0.5, 0.6) is 0 Å². The number of aromatic amines is 1. The highest BCUT2D eigenvalue weighted by Crippen LogP contribution is 2.31. The van der Waals surface area contributed by atoms with Crippen molar-refractivity contribution in [1.29, 1.82) is 0 Å². The van der Waals surface area contributed by atoms with E-state index in [-0.39, 0.29) is 0 Å². The number of benzene rings is 1. The Bertz CT molecular complexity index is 624. The molecule has 2 aromatic rings. The summed E-state index contributed by atoms with van der Waals surface area (Å²) in [5.74, 6) is 0. The van der Waals surface area contributed by atoms with E-state index in [2.05, 4.69) is 49.8 Å². The second kappa shape index (κ2) is 5.25. The lowest BCUT2D eigenvalue weighted by Crippen LogP contribution is -2.37. The Morgan fingerprint density at radius 1 is 1.15 bits per heavy atom. The highest BCUT2D eigenvalue weighted by Gasteiger charge is 2.21. The van der Waals surface area contributed by atoms with Crippen LogP contribution in [0.1, 0.15) is 48.4 Å². The molecule has 3 rings (SSSR count). The average Bonchev–Trinajstić information content (AvgIpc) is 2.92.